The number of amides is 1. The summed E-state index contributed by atoms with van der Waals surface area (Å²) < 4.78 is 36.6. The normalized spacial score (nSPS) is 26.1. The lowest BCUT2D eigenvalue weighted by atomic mass is 9.90. The van der Waals surface area contributed by atoms with Crippen molar-refractivity contribution >= 4 is 5.91 Å². The van der Waals surface area contributed by atoms with Crippen LogP contribution in [0.4, 0.5) is 13.2 Å². The van der Waals surface area contributed by atoms with Crippen LogP contribution in [-0.2, 0) is 4.79 Å². The molecule has 3 nitrogen and oxygen atoms in total. The molecule has 0 radical (unpaired) electrons. The van der Waals surface area contributed by atoms with Crippen LogP contribution in [0, 0.1) is 0 Å². The number of carbonyl (C=O) groups excluding carboxylic acids is 1. The molecule has 0 saturated carbocycles. The molecule has 1 fully saturated rings. The van der Waals surface area contributed by atoms with Crippen LogP contribution in [0.3, 0.4) is 0 Å². The minimum absolute atomic E-state index is 0.293. The summed E-state index contributed by atoms with van der Waals surface area (Å²) in [5.74, 6) is -0.293. The first-order valence-corrected chi connectivity index (χ1v) is 6.42. The quantitative estimate of drug-likeness (QED) is 0.802. The lowest BCUT2D eigenvalue weighted by Crippen LogP contribution is -2.55. The highest BCUT2D eigenvalue weighted by Crippen LogP contribution is 2.26. The molecule has 2 N–H and O–H groups in total. The van der Waals surface area contributed by atoms with Crippen LogP contribution < -0.4 is 10.6 Å². The summed E-state index contributed by atoms with van der Waals surface area (Å²) in [6.45, 7) is 4.11. The second-order valence-electron chi connectivity index (χ2n) is 5.06. The first kappa shape index (κ1) is 15.3. The summed E-state index contributed by atoms with van der Waals surface area (Å²) in [6.07, 6.45) is -2.15. The van der Waals surface area contributed by atoms with E-state index in [1.54, 1.807) is 0 Å². The molecular formula is C12H21F3N2O. The van der Waals surface area contributed by atoms with Gasteiger partial charge in [0.2, 0.25) is 5.91 Å². The van der Waals surface area contributed by atoms with Crippen molar-refractivity contribution in [1.29, 1.82) is 0 Å². The van der Waals surface area contributed by atoms with E-state index in [2.05, 4.69) is 10.6 Å². The van der Waals surface area contributed by atoms with Crippen LogP contribution in [0.5, 0.6) is 0 Å². The molecule has 0 spiro atoms. The molecule has 106 valence electrons. The SMILES string of the molecule is CCCC1(C(=O)NC(C)CC(F)(F)F)CCCN1. The zero-order chi connectivity index (χ0) is 13.8. The Hall–Kier alpha value is -0.780. The predicted molar refractivity (Wildman–Crippen MR) is 63.2 cm³/mol. The van der Waals surface area contributed by atoms with E-state index in [0.717, 1.165) is 19.4 Å². The van der Waals surface area contributed by atoms with Crippen LogP contribution >= 0.6 is 0 Å². The van der Waals surface area contributed by atoms with Crippen LogP contribution in [0.25, 0.3) is 0 Å². The van der Waals surface area contributed by atoms with Gasteiger partial charge < -0.3 is 10.6 Å². The van der Waals surface area contributed by atoms with Crippen molar-refractivity contribution in [1.82, 2.24) is 10.6 Å². The number of halogens is 3. The smallest absolute Gasteiger partial charge is 0.352 e. The topological polar surface area (TPSA) is 41.1 Å². The van der Waals surface area contributed by atoms with Crippen molar-refractivity contribution in [2.24, 2.45) is 0 Å². The molecule has 0 bridgehead atoms. The number of rotatable bonds is 5. The summed E-state index contributed by atoms with van der Waals surface area (Å²) in [4.78, 5) is 12.1. The Balaban J connectivity index is 2.57. The van der Waals surface area contributed by atoms with Gasteiger partial charge in [-0.15, -0.1) is 0 Å². The molecule has 1 aliphatic rings. The second-order valence-corrected chi connectivity index (χ2v) is 5.06. The number of carbonyl (C=O) groups is 1. The summed E-state index contributed by atoms with van der Waals surface area (Å²) in [6, 6.07) is -0.881. The molecule has 1 aliphatic heterocycles. The molecule has 0 aromatic rings. The van der Waals surface area contributed by atoms with Gasteiger partial charge in [-0.2, -0.15) is 13.2 Å². The largest absolute Gasteiger partial charge is 0.391 e. The molecule has 2 atom stereocenters. The summed E-state index contributed by atoms with van der Waals surface area (Å²) in [7, 11) is 0. The molecule has 1 heterocycles. The molecular weight excluding hydrogens is 245 g/mol. The Kier molecular flexibility index (Phi) is 5.01. The van der Waals surface area contributed by atoms with Gasteiger partial charge in [0, 0.05) is 6.04 Å². The van der Waals surface area contributed by atoms with Crippen molar-refractivity contribution in [3.8, 4) is 0 Å². The molecule has 6 heteroatoms. The lowest BCUT2D eigenvalue weighted by Gasteiger charge is -2.29. The molecule has 0 aromatic heterocycles. The fourth-order valence-corrected chi connectivity index (χ4v) is 2.51. The Bertz CT molecular complexity index is 286. The minimum atomic E-state index is -4.24. The number of alkyl halides is 3. The van der Waals surface area contributed by atoms with Crippen LogP contribution in [0.1, 0.15) is 46.0 Å². The molecule has 1 rings (SSSR count). The lowest BCUT2D eigenvalue weighted by molar-refractivity contribution is -0.142. The standard InChI is InChI=1S/C12H21F3N2O/c1-3-5-11(6-4-7-16-11)10(18)17-9(2)8-12(13,14)15/h9,16H,3-8H2,1-2H3,(H,17,18). The Morgan fingerprint density at radius 1 is 1.50 bits per heavy atom. The van der Waals surface area contributed by atoms with Gasteiger partial charge in [-0.05, 0) is 32.7 Å². The van der Waals surface area contributed by atoms with E-state index in [0.29, 0.717) is 12.8 Å². The molecule has 2 unspecified atom stereocenters. The van der Waals surface area contributed by atoms with E-state index < -0.39 is 24.2 Å². The fourth-order valence-electron chi connectivity index (χ4n) is 2.51. The highest BCUT2D eigenvalue weighted by atomic mass is 19.4. The van der Waals surface area contributed by atoms with Crippen molar-refractivity contribution in [2.75, 3.05) is 6.54 Å². The molecule has 18 heavy (non-hydrogen) atoms. The Labute approximate surface area is 106 Å². The van der Waals surface area contributed by atoms with E-state index in [1.165, 1.54) is 6.92 Å². The van der Waals surface area contributed by atoms with E-state index in [1.807, 2.05) is 6.92 Å². The predicted octanol–water partition coefficient (Wildman–Crippen LogP) is 2.37. The first-order chi connectivity index (χ1) is 8.29. The minimum Gasteiger partial charge on any atom is -0.352 e. The highest BCUT2D eigenvalue weighted by molar-refractivity contribution is 5.86. The van der Waals surface area contributed by atoms with Gasteiger partial charge in [0.1, 0.15) is 0 Å². The third-order valence-corrected chi connectivity index (χ3v) is 3.27. The van der Waals surface area contributed by atoms with E-state index >= 15 is 0 Å². The average molecular weight is 266 g/mol. The van der Waals surface area contributed by atoms with Gasteiger partial charge >= 0.3 is 6.18 Å². The van der Waals surface area contributed by atoms with Crippen molar-refractivity contribution in [3.05, 3.63) is 0 Å². The van der Waals surface area contributed by atoms with Gasteiger partial charge in [-0.3, -0.25) is 4.79 Å². The van der Waals surface area contributed by atoms with Gasteiger partial charge in [0.25, 0.3) is 0 Å². The highest BCUT2D eigenvalue weighted by Gasteiger charge is 2.41. The van der Waals surface area contributed by atoms with Crippen LogP contribution in [0.15, 0.2) is 0 Å². The second kappa shape index (κ2) is 5.91. The summed E-state index contributed by atoms with van der Waals surface area (Å²) >= 11 is 0. The number of hydrogen-bond donors (Lipinski definition) is 2. The monoisotopic (exact) mass is 266 g/mol. The van der Waals surface area contributed by atoms with Gasteiger partial charge in [0.05, 0.1) is 12.0 Å². The van der Waals surface area contributed by atoms with Gasteiger partial charge in [-0.1, -0.05) is 13.3 Å². The number of nitrogens with one attached hydrogen (secondary N) is 2. The zero-order valence-corrected chi connectivity index (χ0v) is 10.9. The van der Waals surface area contributed by atoms with Gasteiger partial charge in [0.15, 0.2) is 0 Å². The van der Waals surface area contributed by atoms with Crippen molar-refractivity contribution < 1.29 is 18.0 Å². The maximum absolute atomic E-state index is 12.2. The summed E-state index contributed by atoms with van der Waals surface area (Å²) in [5.41, 5.74) is -0.658. The maximum atomic E-state index is 12.2. The maximum Gasteiger partial charge on any atom is 0.391 e. The molecule has 1 saturated heterocycles. The fraction of sp³-hybridized carbons (Fsp3) is 0.917. The molecule has 0 aliphatic carbocycles. The number of hydrogen-bond acceptors (Lipinski definition) is 2. The zero-order valence-electron chi connectivity index (χ0n) is 10.9. The van der Waals surface area contributed by atoms with E-state index in [-0.39, 0.29) is 5.91 Å². The first-order valence-electron chi connectivity index (χ1n) is 6.42. The van der Waals surface area contributed by atoms with Crippen molar-refractivity contribution in [2.45, 2.75) is 63.7 Å². The third-order valence-electron chi connectivity index (χ3n) is 3.27. The third kappa shape index (κ3) is 4.15. The van der Waals surface area contributed by atoms with E-state index in [4.69, 9.17) is 0 Å². The molecule has 0 aromatic carbocycles. The van der Waals surface area contributed by atoms with Gasteiger partial charge in [-0.25, -0.2) is 0 Å². The molecule has 1 amide bonds. The van der Waals surface area contributed by atoms with E-state index in [9.17, 15) is 18.0 Å². The Morgan fingerprint density at radius 3 is 2.61 bits per heavy atom. The van der Waals surface area contributed by atoms with Crippen LogP contribution in [0.2, 0.25) is 0 Å². The average Bonchev–Trinajstić information content (AvgIpc) is 2.64. The Morgan fingerprint density at radius 2 is 2.17 bits per heavy atom. The van der Waals surface area contributed by atoms with Crippen LogP contribution in [-0.4, -0.2) is 30.2 Å². The summed E-state index contributed by atoms with van der Waals surface area (Å²) in [5, 5.41) is 5.63. The van der Waals surface area contributed by atoms with Crippen molar-refractivity contribution in [3.63, 3.8) is 0 Å².